The number of ether oxygens (including phenoxy) is 1. The number of carbonyl (C=O) groups is 1. The van der Waals surface area contributed by atoms with E-state index >= 15 is 0 Å². The topological polar surface area (TPSA) is 46.5 Å². The van der Waals surface area contributed by atoms with Crippen LogP contribution >= 0.6 is 0 Å². The van der Waals surface area contributed by atoms with Crippen molar-refractivity contribution >= 4 is 12.0 Å². The molecule has 1 aromatic rings. The van der Waals surface area contributed by atoms with Gasteiger partial charge in [0.1, 0.15) is 5.75 Å². The van der Waals surface area contributed by atoms with E-state index in [2.05, 4.69) is 0 Å². The van der Waals surface area contributed by atoms with Crippen LogP contribution in [0.4, 0.5) is 0 Å². The predicted octanol–water partition coefficient (Wildman–Crippen LogP) is 2.57. The van der Waals surface area contributed by atoms with Gasteiger partial charge in [0.05, 0.1) is 7.11 Å². The number of carboxylic acids is 1. The molecular weight excluding hydrogens is 192 g/mol. The molecular formula is C12H14O3. The van der Waals surface area contributed by atoms with Crippen molar-refractivity contribution in [3.8, 4) is 5.75 Å². The number of para-hydroxylation sites is 1. The SMILES string of the molecule is CC/C(=C/c1ccccc1OC)C(=O)O. The normalized spacial score (nSPS) is 11.2. The van der Waals surface area contributed by atoms with E-state index in [-0.39, 0.29) is 0 Å². The van der Waals surface area contributed by atoms with E-state index in [9.17, 15) is 4.79 Å². The van der Waals surface area contributed by atoms with Gasteiger partial charge in [-0.25, -0.2) is 4.79 Å². The lowest BCUT2D eigenvalue weighted by molar-refractivity contribution is -0.132. The van der Waals surface area contributed by atoms with Gasteiger partial charge in [-0.2, -0.15) is 0 Å². The molecule has 0 radical (unpaired) electrons. The number of aliphatic carboxylic acids is 1. The van der Waals surface area contributed by atoms with Gasteiger partial charge in [0.15, 0.2) is 0 Å². The van der Waals surface area contributed by atoms with Crippen molar-refractivity contribution in [2.24, 2.45) is 0 Å². The quantitative estimate of drug-likeness (QED) is 0.770. The number of carboxylic acid groups (broad SMARTS) is 1. The van der Waals surface area contributed by atoms with E-state index in [0.717, 1.165) is 5.56 Å². The minimum atomic E-state index is -0.886. The molecule has 0 spiro atoms. The molecule has 1 N–H and O–H groups in total. The van der Waals surface area contributed by atoms with Crippen molar-refractivity contribution in [2.45, 2.75) is 13.3 Å². The van der Waals surface area contributed by atoms with E-state index in [1.807, 2.05) is 25.1 Å². The fourth-order valence-electron chi connectivity index (χ4n) is 1.29. The first-order chi connectivity index (χ1) is 7.19. The Labute approximate surface area is 89.0 Å². The molecule has 3 nitrogen and oxygen atoms in total. The van der Waals surface area contributed by atoms with Gasteiger partial charge < -0.3 is 9.84 Å². The molecule has 0 heterocycles. The number of hydrogen-bond acceptors (Lipinski definition) is 2. The predicted molar refractivity (Wildman–Crippen MR) is 58.9 cm³/mol. The van der Waals surface area contributed by atoms with Crippen molar-refractivity contribution < 1.29 is 14.6 Å². The lowest BCUT2D eigenvalue weighted by Crippen LogP contribution is -1.99. The largest absolute Gasteiger partial charge is 0.496 e. The molecule has 0 bridgehead atoms. The third kappa shape index (κ3) is 2.84. The molecule has 0 saturated carbocycles. The molecule has 1 aromatic carbocycles. The minimum absolute atomic E-state index is 0.375. The van der Waals surface area contributed by atoms with Crippen molar-refractivity contribution in [3.63, 3.8) is 0 Å². The summed E-state index contributed by atoms with van der Waals surface area (Å²) in [5.41, 5.74) is 1.17. The average Bonchev–Trinajstić information content (AvgIpc) is 2.25. The summed E-state index contributed by atoms with van der Waals surface area (Å²) in [7, 11) is 1.57. The maximum atomic E-state index is 10.8. The van der Waals surface area contributed by atoms with Gasteiger partial charge >= 0.3 is 5.97 Å². The number of hydrogen-bond donors (Lipinski definition) is 1. The standard InChI is InChI=1S/C12H14O3/c1-3-9(12(13)14)8-10-6-4-5-7-11(10)15-2/h4-8H,3H2,1-2H3,(H,13,14)/b9-8-. The van der Waals surface area contributed by atoms with Crippen LogP contribution in [0.15, 0.2) is 29.8 Å². The van der Waals surface area contributed by atoms with Gasteiger partial charge in [0, 0.05) is 11.1 Å². The maximum Gasteiger partial charge on any atom is 0.331 e. The van der Waals surface area contributed by atoms with Crippen molar-refractivity contribution in [1.29, 1.82) is 0 Å². The van der Waals surface area contributed by atoms with Crippen LogP contribution in [0, 0.1) is 0 Å². The Morgan fingerprint density at radius 2 is 2.13 bits per heavy atom. The van der Waals surface area contributed by atoms with Gasteiger partial charge in [-0.15, -0.1) is 0 Å². The van der Waals surface area contributed by atoms with Crippen LogP contribution in [0.1, 0.15) is 18.9 Å². The molecule has 0 aliphatic heterocycles. The highest BCUT2D eigenvalue weighted by Crippen LogP contribution is 2.21. The highest BCUT2D eigenvalue weighted by atomic mass is 16.5. The van der Waals surface area contributed by atoms with E-state index in [1.54, 1.807) is 19.3 Å². The monoisotopic (exact) mass is 206 g/mol. The first kappa shape index (κ1) is 11.3. The van der Waals surface area contributed by atoms with Gasteiger partial charge in [-0.1, -0.05) is 25.1 Å². The zero-order chi connectivity index (χ0) is 11.3. The molecule has 15 heavy (non-hydrogen) atoms. The highest BCUT2D eigenvalue weighted by molar-refractivity contribution is 5.92. The second kappa shape index (κ2) is 5.20. The molecule has 0 aliphatic carbocycles. The molecule has 1 rings (SSSR count). The Morgan fingerprint density at radius 3 is 2.67 bits per heavy atom. The summed E-state index contributed by atoms with van der Waals surface area (Å²) < 4.78 is 5.13. The van der Waals surface area contributed by atoms with Gasteiger partial charge in [0.25, 0.3) is 0 Å². The maximum absolute atomic E-state index is 10.8. The molecule has 0 amide bonds. The second-order valence-corrected chi connectivity index (χ2v) is 3.07. The summed E-state index contributed by atoms with van der Waals surface area (Å²) in [6, 6.07) is 7.34. The summed E-state index contributed by atoms with van der Waals surface area (Å²) in [6.07, 6.45) is 2.13. The molecule has 0 unspecified atom stereocenters. The molecule has 0 aromatic heterocycles. The molecule has 0 aliphatic rings. The van der Waals surface area contributed by atoms with Crippen LogP contribution in [0.3, 0.4) is 0 Å². The minimum Gasteiger partial charge on any atom is -0.496 e. The summed E-state index contributed by atoms with van der Waals surface area (Å²) in [6.45, 7) is 1.81. The second-order valence-electron chi connectivity index (χ2n) is 3.07. The van der Waals surface area contributed by atoms with Crippen LogP contribution in [-0.4, -0.2) is 18.2 Å². The Morgan fingerprint density at radius 1 is 1.47 bits per heavy atom. The Hall–Kier alpha value is -1.77. The number of methoxy groups -OCH3 is 1. The van der Waals surface area contributed by atoms with E-state index < -0.39 is 5.97 Å². The van der Waals surface area contributed by atoms with Crippen LogP contribution in [0.2, 0.25) is 0 Å². The number of rotatable bonds is 4. The summed E-state index contributed by atoms with van der Waals surface area (Å²) in [5, 5.41) is 8.89. The van der Waals surface area contributed by atoms with Crippen LogP contribution < -0.4 is 4.74 Å². The smallest absolute Gasteiger partial charge is 0.331 e. The molecule has 0 saturated heterocycles. The molecule has 0 fully saturated rings. The third-order valence-corrected chi connectivity index (χ3v) is 2.12. The van der Waals surface area contributed by atoms with Gasteiger partial charge in [0.2, 0.25) is 0 Å². The third-order valence-electron chi connectivity index (χ3n) is 2.12. The fourth-order valence-corrected chi connectivity index (χ4v) is 1.29. The zero-order valence-electron chi connectivity index (χ0n) is 8.86. The average molecular weight is 206 g/mol. The number of benzene rings is 1. The van der Waals surface area contributed by atoms with Crippen LogP contribution in [0.5, 0.6) is 5.75 Å². The van der Waals surface area contributed by atoms with Crippen LogP contribution in [-0.2, 0) is 4.79 Å². The van der Waals surface area contributed by atoms with E-state index in [4.69, 9.17) is 9.84 Å². The van der Waals surface area contributed by atoms with Gasteiger partial charge in [-0.3, -0.25) is 0 Å². The van der Waals surface area contributed by atoms with Crippen molar-refractivity contribution in [1.82, 2.24) is 0 Å². The first-order valence-electron chi connectivity index (χ1n) is 4.76. The Bertz CT molecular complexity index is 380. The van der Waals surface area contributed by atoms with Crippen molar-refractivity contribution in [2.75, 3.05) is 7.11 Å². The van der Waals surface area contributed by atoms with Crippen LogP contribution in [0.25, 0.3) is 6.08 Å². The fraction of sp³-hybridized carbons (Fsp3) is 0.250. The lowest BCUT2D eigenvalue weighted by Gasteiger charge is -2.05. The lowest BCUT2D eigenvalue weighted by atomic mass is 10.1. The summed E-state index contributed by atoms with van der Waals surface area (Å²) in [4.78, 5) is 10.8. The Balaban J connectivity index is 3.10. The Kier molecular flexibility index (Phi) is 3.92. The van der Waals surface area contributed by atoms with E-state index in [1.165, 1.54) is 0 Å². The highest BCUT2D eigenvalue weighted by Gasteiger charge is 2.06. The summed E-state index contributed by atoms with van der Waals surface area (Å²) in [5.74, 6) is -0.201. The van der Waals surface area contributed by atoms with E-state index in [0.29, 0.717) is 17.7 Å². The zero-order valence-corrected chi connectivity index (χ0v) is 8.86. The summed E-state index contributed by atoms with van der Waals surface area (Å²) >= 11 is 0. The first-order valence-corrected chi connectivity index (χ1v) is 4.76. The van der Waals surface area contributed by atoms with Crippen molar-refractivity contribution in [3.05, 3.63) is 35.4 Å². The molecule has 3 heteroatoms. The van der Waals surface area contributed by atoms with Gasteiger partial charge in [-0.05, 0) is 18.6 Å². The molecule has 0 atom stereocenters. The molecule has 80 valence electrons.